The van der Waals surface area contributed by atoms with Gasteiger partial charge >= 0.3 is 17.9 Å². The number of carbonyl (C=O) groups excluding carboxylic acids is 3. The maximum Gasteiger partial charge on any atom is 0.306 e. The maximum absolute atomic E-state index is 12.9. The van der Waals surface area contributed by atoms with Crippen molar-refractivity contribution < 1.29 is 28.6 Å². The van der Waals surface area contributed by atoms with Crippen LogP contribution in [0.25, 0.3) is 0 Å². The molecule has 0 rings (SSSR count). The minimum atomic E-state index is -0.784. The molecule has 0 bridgehead atoms. The first-order valence-corrected chi connectivity index (χ1v) is 32.2. The van der Waals surface area contributed by atoms with Crippen LogP contribution in [0.4, 0.5) is 0 Å². The van der Waals surface area contributed by atoms with E-state index in [1.807, 2.05) is 0 Å². The van der Waals surface area contributed by atoms with Crippen molar-refractivity contribution in [3.8, 4) is 0 Å². The second-order valence-electron chi connectivity index (χ2n) is 21.3. The Morgan fingerprint density at radius 2 is 0.513 bits per heavy atom. The fraction of sp³-hybridized carbons (Fsp3) is 0.729. The summed E-state index contributed by atoms with van der Waals surface area (Å²) >= 11 is 0. The molecular weight excluding hydrogens is 937 g/mol. The van der Waals surface area contributed by atoms with Crippen LogP contribution in [0, 0.1) is 0 Å². The Kier molecular flexibility index (Phi) is 60.8. The summed E-state index contributed by atoms with van der Waals surface area (Å²) in [6, 6.07) is 0. The number of hydrogen-bond donors (Lipinski definition) is 0. The van der Waals surface area contributed by atoms with Crippen LogP contribution >= 0.6 is 0 Å². The molecule has 6 nitrogen and oxygen atoms in total. The van der Waals surface area contributed by atoms with Crippen molar-refractivity contribution >= 4 is 17.9 Å². The summed E-state index contributed by atoms with van der Waals surface area (Å²) < 4.78 is 16.9. The van der Waals surface area contributed by atoms with E-state index < -0.39 is 6.10 Å². The molecule has 0 radical (unpaired) electrons. The first kappa shape index (κ1) is 72.3. The average molecular weight is 1060 g/mol. The van der Waals surface area contributed by atoms with Gasteiger partial charge in [-0.2, -0.15) is 0 Å². The highest BCUT2D eigenvalue weighted by molar-refractivity contribution is 5.71. The molecule has 0 N–H and O–H groups in total. The number of allylic oxidation sites excluding steroid dienone is 16. The Bertz CT molecular complexity index is 1490. The van der Waals surface area contributed by atoms with Crippen LogP contribution in [0.1, 0.15) is 310 Å². The van der Waals surface area contributed by atoms with Gasteiger partial charge in [0.1, 0.15) is 13.2 Å². The van der Waals surface area contributed by atoms with Gasteiger partial charge in [-0.3, -0.25) is 14.4 Å². The lowest BCUT2D eigenvalue weighted by atomic mass is 10.0. The zero-order valence-electron chi connectivity index (χ0n) is 50.0. The fourth-order valence-corrected chi connectivity index (χ4v) is 9.01. The summed E-state index contributed by atoms with van der Waals surface area (Å²) in [6.07, 6.45) is 85.6. The SMILES string of the molecule is CC/C=C\C/C=C\C/C=C\C/C=C\C/C=C\C/C=C\CCCCCCCCCCCCCCC(=O)OCC(COC(=O)CCCCCCCCCCCCCC)OC(=O)CCCCCCC/C=C\C/C=C\CCCCC. The summed E-state index contributed by atoms with van der Waals surface area (Å²) in [7, 11) is 0. The van der Waals surface area contributed by atoms with Gasteiger partial charge in [-0.05, 0) is 103 Å². The van der Waals surface area contributed by atoms with Gasteiger partial charge < -0.3 is 14.2 Å². The van der Waals surface area contributed by atoms with Crippen molar-refractivity contribution in [3.63, 3.8) is 0 Å². The minimum Gasteiger partial charge on any atom is -0.462 e. The molecule has 0 amide bonds. The monoisotopic (exact) mass is 1060 g/mol. The van der Waals surface area contributed by atoms with Crippen LogP contribution in [0.5, 0.6) is 0 Å². The zero-order chi connectivity index (χ0) is 55.0. The van der Waals surface area contributed by atoms with Crippen molar-refractivity contribution in [1.29, 1.82) is 0 Å². The molecule has 0 aromatic heterocycles. The van der Waals surface area contributed by atoms with E-state index in [0.29, 0.717) is 19.3 Å². The van der Waals surface area contributed by atoms with Gasteiger partial charge in [-0.15, -0.1) is 0 Å². The first-order valence-electron chi connectivity index (χ1n) is 32.2. The highest BCUT2D eigenvalue weighted by Gasteiger charge is 2.19. The Morgan fingerprint density at radius 3 is 0.829 bits per heavy atom. The summed E-state index contributed by atoms with van der Waals surface area (Å²) in [4.78, 5) is 38.2. The van der Waals surface area contributed by atoms with E-state index in [-0.39, 0.29) is 31.1 Å². The lowest BCUT2D eigenvalue weighted by molar-refractivity contribution is -0.167. The Labute approximate surface area is 470 Å². The van der Waals surface area contributed by atoms with Crippen molar-refractivity contribution in [2.24, 2.45) is 0 Å². The van der Waals surface area contributed by atoms with Gasteiger partial charge in [0, 0.05) is 19.3 Å². The van der Waals surface area contributed by atoms with E-state index in [0.717, 1.165) is 122 Å². The minimum absolute atomic E-state index is 0.0800. The largest absolute Gasteiger partial charge is 0.462 e. The van der Waals surface area contributed by atoms with Crippen LogP contribution in [0.15, 0.2) is 97.2 Å². The molecule has 76 heavy (non-hydrogen) atoms. The van der Waals surface area contributed by atoms with Gasteiger partial charge in [0.25, 0.3) is 0 Å². The molecule has 0 aliphatic heterocycles. The topological polar surface area (TPSA) is 78.9 Å². The summed E-state index contributed by atoms with van der Waals surface area (Å²) in [5.41, 5.74) is 0. The van der Waals surface area contributed by atoms with Gasteiger partial charge in [0.15, 0.2) is 6.10 Å². The Hall–Kier alpha value is -3.67. The molecular formula is C70H120O6. The van der Waals surface area contributed by atoms with Crippen LogP contribution in [0.3, 0.4) is 0 Å². The smallest absolute Gasteiger partial charge is 0.306 e. The second-order valence-corrected chi connectivity index (χ2v) is 21.3. The molecule has 1 atom stereocenters. The predicted octanol–water partition coefficient (Wildman–Crippen LogP) is 22.0. The third-order valence-corrected chi connectivity index (χ3v) is 13.8. The van der Waals surface area contributed by atoms with Crippen LogP contribution in [-0.2, 0) is 28.6 Å². The molecule has 0 aromatic rings. The number of rotatable bonds is 58. The predicted molar refractivity (Wildman–Crippen MR) is 330 cm³/mol. The summed E-state index contributed by atoms with van der Waals surface area (Å²) in [6.45, 7) is 6.51. The van der Waals surface area contributed by atoms with E-state index in [9.17, 15) is 14.4 Å². The molecule has 6 heteroatoms. The normalized spacial score (nSPS) is 12.7. The molecule has 436 valence electrons. The Balaban J connectivity index is 4.21. The van der Waals surface area contributed by atoms with Crippen LogP contribution in [-0.4, -0.2) is 37.2 Å². The molecule has 1 unspecified atom stereocenters. The van der Waals surface area contributed by atoms with E-state index >= 15 is 0 Å². The lowest BCUT2D eigenvalue weighted by Crippen LogP contribution is -2.30. The van der Waals surface area contributed by atoms with Gasteiger partial charge in [0.2, 0.25) is 0 Å². The quantitative estimate of drug-likeness (QED) is 0.0261. The van der Waals surface area contributed by atoms with Gasteiger partial charge in [0.05, 0.1) is 0 Å². The standard InChI is InChI=1S/C70H120O6/c1-4-7-10-13-16-19-22-25-27-28-29-30-31-32-33-34-35-36-37-38-39-40-41-42-44-45-48-51-54-57-60-63-69(72)75-66-67(65-74-68(71)62-59-56-53-50-47-24-21-18-15-12-9-6-3)76-70(73)64-61-58-55-52-49-46-43-26-23-20-17-14-11-8-5-2/h7,10,16-17,19-20,25-27,29-30,32-33,35-36,43,67H,4-6,8-9,11-15,18,21-24,28,31,34,37-42,44-66H2,1-3H3/b10-7-,19-16-,20-17-,27-25-,30-29-,33-32-,36-35-,43-26-. The molecule has 0 aliphatic rings. The molecule has 0 spiro atoms. The number of hydrogen-bond acceptors (Lipinski definition) is 6. The van der Waals surface area contributed by atoms with Crippen molar-refractivity contribution in [3.05, 3.63) is 97.2 Å². The van der Waals surface area contributed by atoms with Crippen molar-refractivity contribution in [1.82, 2.24) is 0 Å². The van der Waals surface area contributed by atoms with Crippen LogP contribution < -0.4 is 0 Å². The van der Waals surface area contributed by atoms with Crippen molar-refractivity contribution in [2.45, 2.75) is 316 Å². The third-order valence-electron chi connectivity index (χ3n) is 13.8. The average Bonchev–Trinajstić information content (AvgIpc) is 3.42. The second kappa shape index (κ2) is 63.9. The number of unbranched alkanes of at least 4 members (excludes halogenated alkanes) is 31. The number of carbonyl (C=O) groups is 3. The first-order chi connectivity index (χ1) is 37.5. The number of ether oxygens (including phenoxy) is 3. The van der Waals surface area contributed by atoms with Gasteiger partial charge in [-0.1, -0.05) is 285 Å². The van der Waals surface area contributed by atoms with E-state index in [1.54, 1.807) is 0 Å². The fourth-order valence-electron chi connectivity index (χ4n) is 9.01. The van der Waals surface area contributed by atoms with Crippen LogP contribution in [0.2, 0.25) is 0 Å². The summed E-state index contributed by atoms with van der Waals surface area (Å²) in [5, 5.41) is 0. The highest BCUT2D eigenvalue weighted by Crippen LogP contribution is 2.16. The molecule has 0 saturated carbocycles. The Morgan fingerprint density at radius 1 is 0.276 bits per heavy atom. The molecule has 0 fully saturated rings. The van der Waals surface area contributed by atoms with Gasteiger partial charge in [-0.25, -0.2) is 0 Å². The maximum atomic E-state index is 12.9. The highest BCUT2D eigenvalue weighted by atomic mass is 16.6. The molecule has 0 heterocycles. The van der Waals surface area contributed by atoms with E-state index in [1.165, 1.54) is 148 Å². The lowest BCUT2D eigenvalue weighted by Gasteiger charge is -2.18. The zero-order valence-corrected chi connectivity index (χ0v) is 50.0. The molecule has 0 saturated heterocycles. The third kappa shape index (κ3) is 61.2. The van der Waals surface area contributed by atoms with E-state index in [2.05, 4.69) is 118 Å². The summed E-state index contributed by atoms with van der Waals surface area (Å²) in [5.74, 6) is -0.886. The van der Waals surface area contributed by atoms with E-state index in [4.69, 9.17) is 14.2 Å². The van der Waals surface area contributed by atoms with Crippen molar-refractivity contribution in [2.75, 3.05) is 13.2 Å². The molecule has 0 aliphatic carbocycles. The molecule has 0 aromatic carbocycles. The number of esters is 3.